The van der Waals surface area contributed by atoms with Gasteiger partial charge in [0.2, 0.25) is 0 Å². The Kier molecular flexibility index (Phi) is 3.41. The van der Waals surface area contributed by atoms with Gasteiger partial charge in [-0.05, 0) is 42.5 Å². The predicted octanol–water partition coefficient (Wildman–Crippen LogP) is 2.47. The van der Waals surface area contributed by atoms with E-state index >= 15 is 0 Å². The van der Waals surface area contributed by atoms with Crippen molar-refractivity contribution in [3.63, 3.8) is 0 Å². The molecule has 1 atom stereocenters. The summed E-state index contributed by atoms with van der Waals surface area (Å²) in [6, 6.07) is 4.38. The third kappa shape index (κ3) is 2.18. The molecule has 2 nitrogen and oxygen atoms in total. The number of hydrogen-bond acceptors (Lipinski definition) is 2. The fourth-order valence-corrected chi connectivity index (χ4v) is 2.75. The number of likely N-dealkylation sites (N-methyl/N-ethyl adjacent to an activating group) is 1. The molecule has 1 unspecified atom stereocenters. The first-order chi connectivity index (χ1) is 7.61. The topological polar surface area (TPSA) is 29.3 Å². The summed E-state index contributed by atoms with van der Waals surface area (Å²) in [5.41, 5.74) is 9.57. The van der Waals surface area contributed by atoms with Gasteiger partial charge in [-0.15, -0.1) is 0 Å². The molecule has 3 heteroatoms. The lowest BCUT2D eigenvalue weighted by Crippen LogP contribution is -2.14. The Bertz CT molecular complexity index is 390. The van der Waals surface area contributed by atoms with E-state index in [2.05, 4.69) is 31.0 Å². The number of rotatable bonds is 3. The summed E-state index contributed by atoms with van der Waals surface area (Å²) in [7, 11) is 2.10. The summed E-state index contributed by atoms with van der Waals surface area (Å²) < 4.78 is 0. The standard InChI is InChI=1S/C13H19ClN2/c1-9(8-15)5-10-6-11-3-4-16(2)13(11)12(14)7-10/h6-7,9H,3-5,8,15H2,1-2H3. The number of nitrogens with zero attached hydrogens (tertiary/aromatic N) is 1. The summed E-state index contributed by atoms with van der Waals surface area (Å²) >= 11 is 6.32. The maximum atomic E-state index is 6.32. The smallest absolute Gasteiger partial charge is 0.0645 e. The Balaban J connectivity index is 2.28. The van der Waals surface area contributed by atoms with Gasteiger partial charge >= 0.3 is 0 Å². The molecular weight excluding hydrogens is 220 g/mol. The van der Waals surface area contributed by atoms with Gasteiger partial charge in [0.1, 0.15) is 0 Å². The van der Waals surface area contributed by atoms with Crippen molar-refractivity contribution < 1.29 is 0 Å². The number of hydrogen-bond donors (Lipinski definition) is 1. The Labute approximate surface area is 102 Å². The Hall–Kier alpha value is -0.730. The molecule has 0 radical (unpaired) electrons. The number of fused-ring (bicyclic) bond motifs is 1. The van der Waals surface area contributed by atoms with Crippen molar-refractivity contribution in [2.24, 2.45) is 11.7 Å². The molecule has 88 valence electrons. The highest BCUT2D eigenvalue weighted by atomic mass is 35.5. The maximum Gasteiger partial charge on any atom is 0.0645 e. The average molecular weight is 239 g/mol. The minimum atomic E-state index is 0.522. The minimum Gasteiger partial charge on any atom is -0.373 e. The normalized spacial score (nSPS) is 16.4. The lowest BCUT2D eigenvalue weighted by molar-refractivity contribution is 0.593. The molecule has 0 aromatic heterocycles. The van der Waals surface area contributed by atoms with Crippen LogP contribution in [0.3, 0.4) is 0 Å². The Morgan fingerprint density at radius 2 is 2.25 bits per heavy atom. The second-order valence-electron chi connectivity index (χ2n) is 4.80. The first kappa shape index (κ1) is 11.7. The zero-order valence-electron chi connectivity index (χ0n) is 9.96. The van der Waals surface area contributed by atoms with Gasteiger partial charge in [-0.3, -0.25) is 0 Å². The summed E-state index contributed by atoms with van der Waals surface area (Å²) in [5.74, 6) is 0.522. The van der Waals surface area contributed by atoms with E-state index in [9.17, 15) is 0 Å². The zero-order valence-corrected chi connectivity index (χ0v) is 10.7. The highest BCUT2D eigenvalue weighted by Gasteiger charge is 2.19. The van der Waals surface area contributed by atoms with Crippen molar-refractivity contribution in [1.29, 1.82) is 0 Å². The largest absolute Gasteiger partial charge is 0.373 e. The number of benzene rings is 1. The molecule has 0 amide bonds. The lowest BCUT2D eigenvalue weighted by Gasteiger charge is -2.15. The van der Waals surface area contributed by atoms with Crippen LogP contribution in [-0.2, 0) is 12.8 Å². The molecule has 0 saturated heterocycles. The van der Waals surface area contributed by atoms with Crippen molar-refractivity contribution in [2.45, 2.75) is 19.8 Å². The summed E-state index contributed by atoms with van der Waals surface area (Å²) in [4.78, 5) is 2.23. The fraction of sp³-hybridized carbons (Fsp3) is 0.538. The SMILES string of the molecule is CC(CN)Cc1cc(Cl)c2c(c1)CCN2C. The number of nitrogens with two attached hydrogens (primary N) is 1. The van der Waals surface area contributed by atoms with Gasteiger partial charge < -0.3 is 10.6 Å². The van der Waals surface area contributed by atoms with Crippen LogP contribution in [0.4, 0.5) is 5.69 Å². The van der Waals surface area contributed by atoms with Crippen molar-refractivity contribution in [1.82, 2.24) is 0 Å². The van der Waals surface area contributed by atoms with Crippen LogP contribution in [0.5, 0.6) is 0 Å². The van der Waals surface area contributed by atoms with Crippen molar-refractivity contribution >= 4 is 17.3 Å². The van der Waals surface area contributed by atoms with Gasteiger partial charge in [-0.2, -0.15) is 0 Å². The van der Waals surface area contributed by atoms with Gasteiger partial charge in [-0.1, -0.05) is 24.6 Å². The van der Waals surface area contributed by atoms with Crippen LogP contribution in [0.2, 0.25) is 5.02 Å². The predicted molar refractivity (Wildman–Crippen MR) is 70.3 cm³/mol. The van der Waals surface area contributed by atoms with Gasteiger partial charge in [-0.25, -0.2) is 0 Å². The van der Waals surface area contributed by atoms with Crippen LogP contribution in [0.1, 0.15) is 18.1 Å². The molecule has 0 spiro atoms. The second-order valence-corrected chi connectivity index (χ2v) is 5.21. The molecule has 1 aromatic carbocycles. The van der Waals surface area contributed by atoms with Crippen LogP contribution in [0.25, 0.3) is 0 Å². The first-order valence-corrected chi connectivity index (χ1v) is 6.22. The Morgan fingerprint density at radius 3 is 2.94 bits per heavy atom. The molecule has 1 aliphatic rings. The van der Waals surface area contributed by atoms with Crippen molar-refractivity contribution in [2.75, 3.05) is 25.0 Å². The first-order valence-electron chi connectivity index (χ1n) is 5.84. The van der Waals surface area contributed by atoms with Gasteiger partial charge in [0.15, 0.2) is 0 Å². The van der Waals surface area contributed by atoms with Crippen LogP contribution >= 0.6 is 11.6 Å². The second kappa shape index (κ2) is 4.64. The lowest BCUT2D eigenvalue weighted by atomic mass is 9.99. The molecule has 16 heavy (non-hydrogen) atoms. The van der Waals surface area contributed by atoms with Crippen LogP contribution in [-0.4, -0.2) is 20.1 Å². The van der Waals surface area contributed by atoms with Crippen LogP contribution < -0.4 is 10.6 Å². The molecule has 2 N–H and O–H groups in total. The van der Waals surface area contributed by atoms with E-state index in [-0.39, 0.29) is 0 Å². The molecule has 2 rings (SSSR count). The van der Waals surface area contributed by atoms with E-state index in [1.165, 1.54) is 16.8 Å². The summed E-state index contributed by atoms with van der Waals surface area (Å²) in [6.07, 6.45) is 2.13. The average Bonchev–Trinajstić information content (AvgIpc) is 2.60. The van der Waals surface area contributed by atoms with Crippen molar-refractivity contribution in [3.8, 4) is 0 Å². The van der Waals surface area contributed by atoms with E-state index in [0.29, 0.717) is 5.92 Å². The molecule has 1 aromatic rings. The fourth-order valence-electron chi connectivity index (χ4n) is 2.34. The van der Waals surface area contributed by atoms with E-state index < -0.39 is 0 Å². The highest BCUT2D eigenvalue weighted by molar-refractivity contribution is 6.33. The van der Waals surface area contributed by atoms with Gasteiger partial charge in [0.25, 0.3) is 0 Å². The van der Waals surface area contributed by atoms with E-state index in [0.717, 1.165) is 31.0 Å². The number of anilines is 1. The molecule has 0 bridgehead atoms. The molecule has 0 saturated carbocycles. The van der Waals surface area contributed by atoms with Crippen LogP contribution in [0, 0.1) is 5.92 Å². The monoisotopic (exact) mass is 238 g/mol. The summed E-state index contributed by atoms with van der Waals surface area (Å²) in [6.45, 7) is 3.98. The third-order valence-corrected chi connectivity index (χ3v) is 3.58. The summed E-state index contributed by atoms with van der Waals surface area (Å²) in [5, 5.41) is 0.886. The number of halogens is 1. The molecule has 1 heterocycles. The van der Waals surface area contributed by atoms with Crippen LogP contribution in [0.15, 0.2) is 12.1 Å². The molecule has 1 aliphatic heterocycles. The third-order valence-electron chi connectivity index (χ3n) is 3.29. The molecule has 0 fully saturated rings. The van der Waals surface area contributed by atoms with Gasteiger partial charge in [0, 0.05) is 13.6 Å². The Morgan fingerprint density at radius 1 is 1.50 bits per heavy atom. The highest BCUT2D eigenvalue weighted by Crippen LogP contribution is 2.35. The van der Waals surface area contributed by atoms with Crippen molar-refractivity contribution in [3.05, 3.63) is 28.3 Å². The van der Waals surface area contributed by atoms with E-state index in [1.807, 2.05) is 0 Å². The zero-order chi connectivity index (χ0) is 11.7. The minimum absolute atomic E-state index is 0.522. The van der Waals surface area contributed by atoms with E-state index in [1.54, 1.807) is 0 Å². The molecule has 0 aliphatic carbocycles. The van der Waals surface area contributed by atoms with E-state index in [4.69, 9.17) is 17.3 Å². The quantitative estimate of drug-likeness (QED) is 0.877. The van der Waals surface area contributed by atoms with Gasteiger partial charge in [0.05, 0.1) is 10.7 Å². The maximum absolute atomic E-state index is 6.32. The molecular formula is C13H19ClN2.